The summed E-state index contributed by atoms with van der Waals surface area (Å²) in [6.45, 7) is 0.394. The van der Waals surface area contributed by atoms with Gasteiger partial charge >= 0.3 is 6.43 Å². The molecule has 0 amide bonds. The number of pyridine rings is 1. The standard InChI is InChI=1S/C13H10F3N5OS/c1-21(8-2-7(14)3-17-4-8)6-10-18-5-9(23-10)12-19-20-13(22-12)11(15)16/h2-5,11H,6H2,1H3. The lowest BCUT2D eigenvalue weighted by molar-refractivity contribution is 0.116. The molecule has 0 saturated heterocycles. The van der Waals surface area contributed by atoms with Crippen molar-refractivity contribution < 1.29 is 17.6 Å². The molecule has 23 heavy (non-hydrogen) atoms. The topological polar surface area (TPSA) is 67.9 Å². The SMILES string of the molecule is CN(Cc1ncc(-c2nnc(C(F)F)o2)s1)c1cncc(F)c1. The van der Waals surface area contributed by atoms with Crippen LogP contribution in [0.1, 0.15) is 17.3 Å². The van der Waals surface area contributed by atoms with Crippen LogP contribution < -0.4 is 4.90 Å². The maximum absolute atomic E-state index is 13.2. The predicted octanol–water partition coefficient (Wildman–Crippen LogP) is 3.30. The molecule has 0 aliphatic rings. The van der Waals surface area contributed by atoms with Gasteiger partial charge in [0.15, 0.2) is 0 Å². The highest BCUT2D eigenvalue weighted by Crippen LogP contribution is 2.28. The van der Waals surface area contributed by atoms with E-state index in [9.17, 15) is 13.2 Å². The minimum atomic E-state index is -2.81. The highest BCUT2D eigenvalue weighted by Gasteiger charge is 2.18. The van der Waals surface area contributed by atoms with E-state index in [0.29, 0.717) is 22.1 Å². The Labute approximate surface area is 132 Å². The van der Waals surface area contributed by atoms with E-state index in [1.165, 1.54) is 29.8 Å². The number of rotatable bonds is 5. The third-order valence-corrected chi connectivity index (χ3v) is 3.87. The Kier molecular flexibility index (Phi) is 4.24. The van der Waals surface area contributed by atoms with Gasteiger partial charge in [-0.05, 0) is 0 Å². The van der Waals surface area contributed by atoms with Gasteiger partial charge in [0.2, 0.25) is 0 Å². The van der Waals surface area contributed by atoms with E-state index >= 15 is 0 Å². The molecule has 0 saturated carbocycles. The summed E-state index contributed by atoms with van der Waals surface area (Å²) in [5.41, 5.74) is 0.597. The summed E-state index contributed by atoms with van der Waals surface area (Å²) in [4.78, 5) is 10.2. The number of thiazole rings is 1. The smallest absolute Gasteiger partial charge is 0.314 e. The van der Waals surface area contributed by atoms with Crippen molar-refractivity contribution in [1.82, 2.24) is 20.2 Å². The van der Waals surface area contributed by atoms with Gasteiger partial charge in [0.25, 0.3) is 11.8 Å². The minimum Gasteiger partial charge on any atom is -0.414 e. The van der Waals surface area contributed by atoms with E-state index < -0.39 is 18.1 Å². The van der Waals surface area contributed by atoms with Crippen molar-refractivity contribution in [3.63, 3.8) is 0 Å². The summed E-state index contributed by atoms with van der Waals surface area (Å²) >= 11 is 1.23. The summed E-state index contributed by atoms with van der Waals surface area (Å²) in [6.07, 6.45) is 1.32. The van der Waals surface area contributed by atoms with Gasteiger partial charge in [0.1, 0.15) is 15.7 Å². The van der Waals surface area contributed by atoms with Crippen LogP contribution in [0.4, 0.5) is 18.9 Å². The van der Waals surface area contributed by atoms with Crippen LogP contribution in [-0.4, -0.2) is 27.2 Å². The van der Waals surface area contributed by atoms with Gasteiger partial charge in [0, 0.05) is 13.1 Å². The molecule has 0 radical (unpaired) electrons. The van der Waals surface area contributed by atoms with Crippen molar-refractivity contribution in [2.75, 3.05) is 11.9 Å². The molecule has 3 heterocycles. The molecule has 3 aromatic rings. The highest BCUT2D eigenvalue weighted by molar-refractivity contribution is 7.15. The van der Waals surface area contributed by atoms with Crippen LogP contribution in [0.2, 0.25) is 0 Å². The van der Waals surface area contributed by atoms with Gasteiger partial charge in [-0.2, -0.15) is 8.78 Å². The minimum absolute atomic E-state index is 0.000810. The maximum Gasteiger partial charge on any atom is 0.314 e. The fourth-order valence-corrected chi connectivity index (χ4v) is 2.70. The quantitative estimate of drug-likeness (QED) is 0.709. The number of alkyl halides is 2. The van der Waals surface area contributed by atoms with Gasteiger partial charge in [-0.25, -0.2) is 9.37 Å². The van der Waals surface area contributed by atoms with Gasteiger partial charge < -0.3 is 9.32 Å². The molecule has 0 bridgehead atoms. The lowest BCUT2D eigenvalue weighted by Crippen LogP contribution is -2.16. The summed E-state index contributed by atoms with van der Waals surface area (Å²) in [5, 5.41) is 7.53. The second kappa shape index (κ2) is 6.32. The monoisotopic (exact) mass is 341 g/mol. The largest absolute Gasteiger partial charge is 0.414 e. The summed E-state index contributed by atoms with van der Waals surface area (Å²) in [5.74, 6) is -1.16. The van der Waals surface area contributed by atoms with E-state index in [2.05, 4.69) is 20.2 Å². The molecule has 0 atom stereocenters. The lowest BCUT2D eigenvalue weighted by atomic mass is 10.4. The molecular formula is C13H10F3N5OS. The zero-order chi connectivity index (χ0) is 16.4. The van der Waals surface area contributed by atoms with Crippen molar-refractivity contribution in [2.45, 2.75) is 13.0 Å². The predicted molar refractivity (Wildman–Crippen MR) is 76.7 cm³/mol. The zero-order valence-corrected chi connectivity index (χ0v) is 12.6. The van der Waals surface area contributed by atoms with Crippen LogP contribution in [0.3, 0.4) is 0 Å². The molecule has 6 nitrogen and oxygen atoms in total. The van der Waals surface area contributed by atoms with Crippen LogP contribution in [0.25, 0.3) is 10.8 Å². The van der Waals surface area contributed by atoms with Crippen molar-refractivity contribution in [3.05, 3.63) is 41.4 Å². The molecule has 0 fully saturated rings. The number of halogens is 3. The second-order valence-corrected chi connectivity index (χ2v) is 5.70. The van der Waals surface area contributed by atoms with Crippen LogP contribution in [0.5, 0.6) is 0 Å². The van der Waals surface area contributed by atoms with Gasteiger partial charge in [-0.3, -0.25) is 4.98 Å². The van der Waals surface area contributed by atoms with Gasteiger partial charge in [0.05, 0.1) is 30.8 Å². The first-order valence-corrected chi connectivity index (χ1v) is 7.23. The molecule has 0 unspecified atom stereocenters. The highest BCUT2D eigenvalue weighted by atomic mass is 32.1. The Morgan fingerprint density at radius 2 is 2.09 bits per heavy atom. The van der Waals surface area contributed by atoms with E-state index in [1.807, 2.05) is 0 Å². The van der Waals surface area contributed by atoms with E-state index in [4.69, 9.17) is 4.42 Å². The normalized spacial score (nSPS) is 11.2. The first-order valence-electron chi connectivity index (χ1n) is 6.41. The van der Waals surface area contributed by atoms with Crippen LogP contribution >= 0.6 is 11.3 Å². The molecule has 120 valence electrons. The molecule has 0 aromatic carbocycles. The summed E-state index contributed by atoms with van der Waals surface area (Å²) in [7, 11) is 1.76. The molecule has 10 heteroatoms. The number of aromatic nitrogens is 4. The Bertz CT molecular complexity index is 806. The van der Waals surface area contributed by atoms with Crippen molar-refractivity contribution >= 4 is 17.0 Å². The average molecular weight is 341 g/mol. The van der Waals surface area contributed by atoms with E-state index in [1.54, 1.807) is 11.9 Å². The zero-order valence-electron chi connectivity index (χ0n) is 11.8. The molecule has 0 aliphatic heterocycles. The molecule has 0 spiro atoms. The average Bonchev–Trinajstić information content (AvgIpc) is 3.15. The van der Waals surface area contributed by atoms with E-state index in [0.717, 1.165) is 6.20 Å². The van der Waals surface area contributed by atoms with Crippen LogP contribution in [-0.2, 0) is 6.54 Å². The lowest BCUT2D eigenvalue weighted by Gasteiger charge is -2.16. The van der Waals surface area contributed by atoms with Crippen LogP contribution in [0.15, 0.2) is 29.1 Å². The third-order valence-electron chi connectivity index (χ3n) is 2.90. The Balaban J connectivity index is 1.74. The van der Waals surface area contributed by atoms with Crippen LogP contribution in [0, 0.1) is 5.82 Å². The fourth-order valence-electron chi connectivity index (χ4n) is 1.81. The Morgan fingerprint density at radius 1 is 1.26 bits per heavy atom. The third kappa shape index (κ3) is 3.47. The van der Waals surface area contributed by atoms with Crippen molar-refractivity contribution in [3.8, 4) is 10.8 Å². The van der Waals surface area contributed by atoms with Crippen molar-refractivity contribution in [1.29, 1.82) is 0 Å². The first-order chi connectivity index (χ1) is 11.0. The number of anilines is 1. The fraction of sp³-hybridized carbons (Fsp3) is 0.231. The first kappa shape index (κ1) is 15.4. The molecule has 3 aromatic heterocycles. The second-order valence-electron chi connectivity index (χ2n) is 4.58. The van der Waals surface area contributed by atoms with Crippen molar-refractivity contribution in [2.24, 2.45) is 0 Å². The Hall–Kier alpha value is -2.49. The van der Waals surface area contributed by atoms with Gasteiger partial charge in [-0.1, -0.05) is 0 Å². The van der Waals surface area contributed by atoms with E-state index in [-0.39, 0.29) is 5.89 Å². The molecule has 3 rings (SSSR count). The van der Waals surface area contributed by atoms with Gasteiger partial charge in [-0.15, -0.1) is 21.5 Å². The molecule has 0 N–H and O–H groups in total. The molecule has 0 aliphatic carbocycles. The number of hydrogen-bond acceptors (Lipinski definition) is 7. The maximum atomic E-state index is 13.2. The summed E-state index contributed by atoms with van der Waals surface area (Å²) < 4.78 is 42.9. The number of nitrogens with zero attached hydrogens (tertiary/aromatic N) is 5. The Morgan fingerprint density at radius 3 is 2.78 bits per heavy atom. The summed E-state index contributed by atoms with van der Waals surface area (Å²) in [6, 6.07) is 1.36. The molecular weight excluding hydrogens is 331 g/mol. The number of hydrogen-bond donors (Lipinski definition) is 0.